The van der Waals surface area contributed by atoms with E-state index in [4.69, 9.17) is 16.1 Å². The Morgan fingerprint density at radius 2 is 1.96 bits per heavy atom. The van der Waals surface area contributed by atoms with Gasteiger partial charge < -0.3 is 14.9 Å². The van der Waals surface area contributed by atoms with Crippen LogP contribution < -0.4 is 5.32 Å². The fourth-order valence-corrected chi connectivity index (χ4v) is 2.67. The largest absolute Gasteiger partial charge is 0.396 e. The van der Waals surface area contributed by atoms with Gasteiger partial charge in [-0.05, 0) is 30.2 Å². The molecule has 5 nitrogen and oxygen atoms in total. The SMILES string of the molecule is OCCC(NCc1noc(-c2cccc(Cl)c2)n1)c1ccccc1. The summed E-state index contributed by atoms with van der Waals surface area (Å²) in [5.41, 5.74) is 1.90. The topological polar surface area (TPSA) is 71.2 Å². The molecule has 124 valence electrons. The molecule has 1 heterocycles. The van der Waals surface area contributed by atoms with Gasteiger partial charge in [0.2, 0.25) is 0 Å². The van der Waals surface area contributed by atoms with Gasteiger partial charge in [0.15, 0.2) is 5.82 Å². The van der Waals surface area contributed by atoms with Crippen LogP contribution in [0.3, 0.4) is 0 Å². The molecular weight excluding hydrogens is 326 g/mol. The average Bonchev–Trinajstić information content (AvgIpc) is 3.08. The molecular formula is C18H18ClN3O2. The first-order valence-corrected chi connectivity index (χ1v) is 8.12. The van der Waals surface area contributed by atoms with Crippen molar-refractivity contribution < 1.29 is 9.63 Å². The van der Waals surface area contributed by atoms with Crippen molar-refractivity contribution >= 4 is 11.6 Å². The number of benzene rings is 2. The van der Waals surface area contributed by atoms with Gasteiger partial charge in [0.25, 0.3) is 5.89 Å². The number of halogens is 1. The molecule has 0 bridgehead atoms. The van der Waals surface area contributed by atoms with Crippen LogP contribution in [0.4, 0.5) is 0 Å². The summed E-state index contributed by atoms with van der Waals surface area (Å²) >= 11 is 5.98. The molecule has 0 aliphatic carbocycles. The Balaban J connectivity index is 1.68. The monoisotopic (exact) mass is 343 g/mol. The van der Waals surface area contributed by atoms with E-state index in [0.29, 0.717) is 29.7 Å². The highest BCUT2D eigenvalue weighted by Gasteiger charge is 2.13. The maximum atomic E-state index is 9.27. The van der Waals surface area contributed by atoms with Crippen molar-refractivity contribution in [1.82, 2.24) is 15.5 Å². The molecule has 0 saturated carbocycles. The molecule has 1 aromatic heterocycles. The summed E-state index contributed by atoms with van der Waals surface area (Å²) in [6, 6.07) is 17.3. The second kappa shape index (κ2) is 8.06. The molecule has 3 aromatic rings. The van der Waals surface area contributed by atoms with Gasteiger partial charge in [-0.2, -0.15) is 4.98 Å². The van der Waals surface area contributed by atoms with Crippen molar-refractivity contribution in [3.05, 3.63) is 71.0 Å². The summed E-state index contributed by atoms with van der Waals surface area (Å²) in [5, 5.41) is 17.2. The highest BCUT2D eigenvalue weighted by Crippen LogP contribution is 2.21. The van der Waals surface area contributed by atoms with E-state index in [0.717, 1.165) is 11.1 Å². The molecule has 0 saturated heterocycles. The number of hydrogen-bond donors (Lipinski definition) is 2. The first kappa shape index (κ1) is 16.6. The highest BCUT2D eigenvalue weighted by atomic mass is 35.5. The molecule has 24 heavy (non-hydrogen) atoms. The number of aliphatic hydroxyl groups excluding tert-OH is 1. The highest BCUT2D eigenvalue weighted by molar-refractivity contribution is 6.30. The lowest BCUT2D eigenvalue weighted by atomic mass is 10.0. The minimum atomic E-state index is 0.0318. The molecule has 0 amide bonds. The second-order valence-corrected chi connectivity index (χ2v) is 5.82. The Bertz CT molecular complexity index is 777. The van der Waals surface area contributed by atoms with Crippen LogP contribution in [0.25, 0.3) is 11.5 Å². The molecule has 0 aliphatic rings. The van der Waals surface area contributed by atoms with Crippen LogP contribution in [0.5, 0.6) is 0 Å². The molecule has 6 heteroatoms. The van der Waals surface area contributed by atoms with Crippen molar-refractivity contribution in [3.63, 3.8) is 0 Å². The number of nitrogens with zero attached hydrogens (tertiary/aromatic N) is 2. The summed E-state index contributed by atoms with van der Waals surface area (Å²) in [6.45, 7) is 0.552. The third-order valence-electron chi connectivity index (χ3n) is 3.67. The molecule has 2 N–H and O–H groups in total. The van der Waals surface area contributed by atoms with Gasteiger partial charge in [-0.15, -0.1) is 0 Å². The minimum absolute atomic E-state index is 0.0318. The van der Waals surface area contributed by atoms with E-state index in [-0.39, 0.29) is 12.6 Å². The quantitative estimate of drug-likeness (QED) is 0.685. The fourth-order valence-electron chi connectivity index (χ4n) is 2.48. The zero-order valence-corrected chi connectivity index (χ0v) is 13.8. The van der Waals surface area contributed by atoms with Gasteiger partial charge in [-0.25, -0.2) is 0 Å². The van der Waals surface area contributed by atoms with Gasteiger partial charge in [0, 0.05) is 23.2 Å². The molecule has 3 rings (SSSR count). The van der Waals surface area contributed by atoms with E-state index >= 15 is 0 Å². The molecule has 0 radical (unpaired) electrons. The van der Waals surface area contributed by atoms with Crippen LogP contribution in [-0.2, 0) is 6.54 Å². The first-order chi connectivity index (χ1) is 11.8. The first-order valence-electron chi connectivity index (χ1n) is 7.74. The lowest BCUT2D eigenvalue weighted by molar-refractivity contribution is 0.264. The van der Waals surface area contributed by atoms with Gasteiger partial charge in [0.05, 0.1) is 6.54 Å². The molecule has 0 fully saturated rings. The van der Waals surface area contributed by atoms with E-state index in [9.17, 15) is 5.11 Å². The second-order valence-electron chi connectivity index (χ2n) is 5.38. The van der Waals surface area contributed by atoms with Crippen molar-refractivity contribution in [2.45, 2.75) is 19.0 Å². The molecule has 0 aliphatic heterocycles. The van der Waals surface area contributed by atoms with Gasteiger partial charge in [-0.3, -0.25) is 0 Å². The van der Waals surface area contributed by atoms with Crippen molar-refractivity contribution in [1.29, 1.82) is 0 Å². The average molecular weight is 344 g/mol. The van der Waals surface area contributed by atoms with Crippen LogP contribution in [0.2, 0.25) is 5.02 Å². The summed E-state index contributed by atoms with van der Waals surface area (Å²) in [6.07, 6.45) is 0.614. The maximum Gasteiger partial charge on any atom is 0.258 e. The summed E-state index contributed by atoms with van der Waals surface area (Å²) < 4.78 is 5.29. The Labute approximate surface area is 145 Å². The summed E-state index contributed by atoms with van der Waals surface area (Å²) in [4.78, 5) is 4.39. The van der Waals surface area contributed by atoms with E-state index in [1.165, 1.54) is 0 Å². The zero-order valence-electron chi connectivity index (χ0n) is 13.0. The van der Waals surface area contributed by atoms with E-state index in [2.05, 4.69) is 15.5 Å². The third-order valence-corrected chi connectivity index (χ3v) is 3.90. The molecule has 1 unspecified atom stereocenters. The number of rotatable bonds is 7. The molecule has 0 spiro atoms. The van der Waals surface area contributed by atoms with Crippen LogP contribution in [0.15, 0.2) is 59.1 Å². The van der Waals surface area contributed by atoms with Gasteiger partial charge >= 0.3 is 0 Å². The molecule has 2 aromatic carbocycles. The van der Waals surface area contributed by atoms with E-state index in [1.54, 1.807) is 12.1 Å². The number of aromatic nitrogens is 2. The molecule has 1 atom stereocenters. The van der Waals surface area contributed by atoms with Gasteiger partial charge in [0.1, 0.15) is 0 Å². The Hall–Kier alpha value is -2.21. The zero-order chi connectivity index (χ0) is 16.8. The lowest BCUT2D eigenvalue weighted by Gasteiger charge is -2.17. The standard InChI is InChI=1S/C18H18ClN3O2/c19-15-8-4-7-14(11-15)18-21-17(22-24-18)12-20-16(9-10-23)13-5-2-1-3-6-13/h1-8,11,16,20,23H,9-10,12H2. The van der Waals surface area contributed by atoms with Crippen LogP contribution >= 0.6 is 11.6 Å². The minimum Gasteiger partial charge on any atom is -0.396 e. The number of nitrogens with one attached hydrogen (secondary N) is 1. The van der Waals surface area contributed by atoms with E-state index < -0.39 is 0 Å². The Morgan fingerprint density at radius 3 is 2.71 bits per heavy atom. The van der Waals surface area contributed by atoms with E-state index in [1.807, 2.05) is 42.5 Å². The van der Waals surface area contributed by atoms with Crippen molar-refractivity contribution in [2.24, 2.45) is 0 Å². The predicted molar refractivity (Wildman–Crippen MR) is 92.5 cm³/mol. The van der Waals surface area contributed by atoms with Crippen LogP contribution in [-0.4, -0.2) is 21.9 Å². The number of hydrogen-bond acceptors (Lipinski definition) is 5. The smallest absolute Gasteiger partial charge is 0.258 e. The summed E-state index contributed by atoms with van der Waals surface area (Å²) in [5.74, 6) is 0.997. The predicted octanol–water partition coefficient (Wildman–Crippen LogP) is 3.60. The normalized spacial score (nSPS) is 12.2. The Morgan fingerprint density at radius 1 is 1.12 bits per heavy atom. The van der Waals surface area contributed by atoms with Gasteiger partial charge in [-0.1, -0.05) is 53.2 Å². The van der Waals surface area contributed by atoms with Crippen molar-refractivity contribution in [2.75, 3.05) is 6.61 Å². The van der Waals surface area contributed by atoms with Crippen molar-refractivity contribution in [3.8, 4) is 11.5 Å². The summed E-state index contributed by atoms with van der Waals surface area (Å²) in [7, 11) is 0. The number of aliphatic hydroxyl groups is 1. The Kier molecular flexibility index (Phi) is 5.59. The fraction of sp³-hybridized carbons (Fsp3) is 0.222. The third kappa shape index (κ3) is 4.20. The maximum absolute atomic E-state index is 9.27. The van der Waals surface area contributed by atoms with Crippen LogP contribution in [0, 0.1) is 0 Å². The lowest BCUT2D eigenvalue weighted by Crippen LogP contribution is -2.22. The van der Waals surface area contributed by atoms with Crippen LogP contribution in [0.1, 0.15) is 23.9 Å².